The van der Waals surface area contributed by atoms with Crippen molar-refractivity contribution in [3.63, 3.8) is 0 Å². The lowest BCUT2D eigenvalue weighted by molar-refractivity contribution is 0.0287. The first-order valence-electron chi connectivity index (χ1n) is 8.12. The second-order valence-electron chi connectivity index (χ2n) is 7.14. The highest BCUT2D eigenvalue weighted by molar-refractivity contribution is 5.94. The van der Waals surface area contributed by atoms with Crippen molar-refractivity contribution in [3.05, 3.63) is 35.4 Å². The van der Waals surface area contributed by atoms with Crippen molar-refractivity contribution < 1.29 is 14.3 Å². The van der Waals surface area contributed by atoms with E-state index < -0.39 is 5.60 Å². The first-order valence-corrected chi connectivity index (χ1v) is 8.12. The summed E-state index contributed by atoms with van der Waals surface area (Å²) in [5.41, 5.74) is 6.52. The van der Waals surface area contributed by atoms with Crippen molar-refractivity contribution in [2.24, 2.45) is 11.7 Å². The summed E-state index contributed by atoms with van der Waals surface area (Å²) in [5.74, 6) is 0.0471. The number of likely N-dealkylation sites (tertiary alicyclic amines) is 1. The van der Waals surface area contributed by atoms with Crippen molar-refractivity contribution in [2.45, 2.75) is 45.6 Å². The average molecular weight is 318 g/mol. The van der Waals surface area contributed by atoms with Crippen LogP contribution in [0.2, 0.25) is 0 Å². The number of hydrogen-bond acceptors (Lipinski definition) is 3. The summed E-state index contributed by atoms with van der Waals surface area (Å²) in [7, 11) is 0. The molecule has 5 nitrogen and oxygen atoms in total. The molecule has 2 N–H and O–H groups in total. The van der Waals surface area contributed by atoms with Gasteiger partial charge >= 0.3 is 6.09 Å². The number of ether oxygens (including phenoxy) is 1. The number of hydrogen-bond donors (Lipinski definition) is 1. The average Bonchev–Trinajstić information content (AvgIpc) is 2.92. The molecule has 0 saturated carbocycles. The van der Waals surface area contributed by atoms with Gasteiger partial charge in [-0.2, -0.15) is 0 Å². The topological polar surface area (TPSA) is 72.6 Å². The molecule has 1 aromatic rings. The quantitative estimate of drug-likeness (QED) is 0.927. The molecule has 0 bridgehead atoms. The van der Waals surface area contributed by atoms with Gasteiger partial charge in [0.1, 0.15) is 5.60 Å². The highest BCUT2D eigenvalue weighted by Gasteiger charge is 2.29. The molecular weight excluding hydrogens is 292 g/mol. The molecule has 1 fully saturated rings. The molecular formula is C18H26N2O3. The van der Waals surface area contributed by atoms with Gasteiger partial charge in [-0.05, 0) is 57.6 Å². The summed E-state index contributed by atoms with van der Waals surface area (Å²) < 4.78 is 5.41. The molecule has 1 aromatic carbocycles. The van der Waals surface area contributed by atoms with Crippen molar-refractivity contribution in [1.82, 2.24) is 4.90 Å². The molecule has 0 radical (unpaired) electrons. The molecule has 2 rings (SSSR count). The zero-order chi connectivity index (χ0) is 17.0. The fraction of sp³-hybridized carbons (Fsp3) is 0.556. The maximum absolute atomic E-state index is 12.1. The number of amides is 2. The maximum atomic E-state index is 12.1. The predicted octanol–water partition coefficient (Wildman–Crippen LogP) is 2.98. The minimum absolute atomic E-state index is 0.238. The standard InChI is InChI=1S/C18H26N2O3/c1-18(2,3)23-17(22)20-11-10-13(12-20)8-9-14-6-4-5-7-15(14)16(19)21/h4-7,13H,8-12H2,1-3H3,(H2,19,21). The van der Waals surface area contributed by atoms with Gasteiger partial charge in [0.15, 0.2) is 0 Å². The van der Waals surface area contributed by atoms with Gasteiger partial charge < -0.3 is 15.4 Å². The summed E-state index contributed by atoms with van der Waals surface area (Å²) in [5, 5.41) is 0. The molecule has 23 heavy (non-hydrogen) atoms. The Morgan fingerprint density at radius 2 is 2.00 bits per heavy atom. The van der Waals surface area contributed by atoms with E-state index in [1.165, 1.54) is 0 Å². The Bertz CT molecular complexity index is 578. The molecule has 1 atom stereocenters. The summed E-state index contributed by atoms with van der Waals surface area (Å²) in [6.07, 6.45) is 2.46. The van der Waals surface area contributed by atoms with Crippen LogP contribution in [0.1, 0.15) is 49.5 Å². The van der Waals surface area contributed by atoms with Crippen LogP contribution in [-0.2, 0) is 11.2 Å². The zero-order valence-corrected chi connectivity index (χ0v) is 14.2. The van der Waals surface area contributed by atoms with Crippen LogP contribution in [0.3, 0.4) is 0 Å². The van der Waals surface area contributed by atoms with Crippen LogP contribution in [0, 0.1) is 5.92 Å². The fourth-order valence-electron chi connectivity index (χ4n) is 2.90. The van der Waals surface area contributed by atoms with E-state index in [1.54, 1.807) is 11.0 Å². The van der Waals surface area contributed by atoms with Gasteiger partial charge in [-0.1, -0.05) is 18.2 Å². The minimum atomic E-state index is -0.463. The van der Waals surface area contributed by atoms with Crippen LogP contribution >= 0.6 is 0 Å². The molecule has 0 spiro atoms. The number of nitrogens with two attached hydrogens (primary N) is 1. The predicted molar refractivity (Wildman–Crippen MR) is 89.2 cm³/mol. The Labute approximate surface area is 137 Å². The summed E-state index contributed by atoms with van der Waals surface area (Å²) in [4.78, 5) is 25.3. The van der Waals surface area contributed by atoms with Crippen LogP contribution in [0.25, 0.3) is 0 Å². The van der Waals surface area contributed by atoms with E-state index in [1.807, 2.05) is 39.0 Å². The van der Waals surface area contributed by atoms with Crippen molar-refractivity contribution >= 4 is 12.0 Å². The second kappa shape index (κ2) is 7.02. The summed E-state index contributed by atoms with van der Waals surface area (Å²) in [6.45, 7) is 7.07. The van der Waals surface area contributed by atoms with Gasteiger partial charge in [0.25, 0.3) is 0 Å². The first-order chi connectivity index (χ1) is 10.8. The van der Waals surface area contributed by atoms with E-state index in [-0.39, 0.29) is 12.0 Å². The smallest absolute Gasteiger partial charge is 0.410 e. The van der Waals surface area contributed by atoms with Crippen LogP contribution < -0.4 is 5.73 Å². The molecule has 5 heteroatoms. The number of primary amides is 1. The molecule has 0 aliphatic carbocycles. The highest BCUT2D eigenvalue weighted by atomic mass is 16.6. The zero-order valence-electron chi connectivity index (χ0n) is 14.2. The van der Waals surface area contributed by atoms with Gasteiger partial charge in [-0.25, -0.2) is 4.79 Å². The monoisotopic (exact) mass is 318 g/mol. The first kappa shape index (κ1) is 17.3. The Kier molecular flexibility index (Phi) is 5.29. The Balaban J connectivity index is 1.87. The molecule has 1 heterocycles. The summed E-state index contributed by atoms with van der Waals surface area (Å²) >= 11 is 0. The van der Waals surface area contributed by atoms with Gasteiger partial charge in [0.2, 0.25) is 5.91 Å². The fourth-order valence-corrected chi connectivity index (χ4v) is 2.90. The number of carbonyl (C=O) groups excluding carboxylic acids is 2. The van der Waals surface area contributed by atoms with E-state index in [2.05, 4.69) is 0 Å². The molecule has 1 saturated heterocycles. The Morgan fingerprint density at radius 1 is 1.30 bits per heavy atom. The SMILES string of the molecule is CC(C)(C)OC(=O)N1CCC(CCc2ccccc2C(N)=O)C1. The van der Waals surface area contributed by atoms with E-state index in [4.69, 9.17) is 10.5 Å². The molecule has 0 aromatic heterocycles. The largest absolute Gasteiger partial charge is 0.444 e. The lowest BCUT2D eigenvalue weighted by atomic mass is 9.96. The molecule has 2 amide bonds. The van der Waals surface area contributed by atoms with Gasteiger partial charge in [-0.3, -0.25) is 4.79 Å². The van der Waals surface area contributed by atoms with Crippen molar-refractivity contribution in [2.75, 3.05) is 13.1 Å². The van der Waals surface area contributed by atoms with Crippen LogP contribution in [0.4, 0.5) is 4.79 Å². The molecule has 126 valence electrons. The second-order valence-corrected chi connectivity index (χ2v) is 7.14. The Morgan fingerprint density at radius 3 is 2.65 bits per heavy atom. The van der Waals surface area contributed by atoms with Gasteiger partial charge in [0, 0.05) is 18.7 Å². The van der Waals surface area contributed by atoms with E-state index in [0.29, 0.717) is 18.0 Å². The number of rotatable bonds is 4. The van der Waals surface area contributed by atoms with Crippen LogP contribution in [0.5, 0.6) is 0 Å². The normalized spacial score (nSPS) is 18.0. The number of aryl methyl sites for hydroxylation is 1. The third kappa shape index (κ3) is 4.98. The van der Waals surface area contributed by atoms with Crippen LogP contribution in [0.15, 0.2) is 24.3 Å². The lowest BCUT2D eigenvalue weighted by Gasteiger charge is -2.24. The molecule has 1 aliphatic heterocycles. The maximum Gasteiger partial charge on any atom is 0.410 e. The van der Waals surface area contributed by atoms with E-state index in [9.17, 15) is 9.59 Å². The molecule has 1 aliphatic rings. The lowest BCUT2D eigenvalue weighted by Crippen LogP contribution is -2.35. The third-order valence-corrected chi connectivity index (χ3v) is 4.04. The van der Waals surface area contributed by atoms with Crippen molar-refractivity contribution in [1.29, 1.82) is 0 Å². The van der Waals surface area contributed by atoms with Crippen molar-refractivity contribution in [3.8, 4) is 0 Å². The highest BCUT2D eigenvalue weighted by Crippen LogP contribution is 2.24. The number of carbonyl (C=O) groups is 2. The number of nitrogens with zero attached hydrogens (tertiary/aromatic N) is 1. The van der Waals surface area contributed by atoms with Crippen LogP contribution in [-0.4, -0.2) is 35.6 Å². The molecule has 1 unspecified atom stereocenters. The summed E-state index contributed by atoms with van der Waals surface area (Å²) in [6, 6.07) is 7.45. The van der Waals surface area contributed by atoms with Gasteiger partial charge in [-0.15, -0.1) is 0 Å². The van der Waals surface area contributed by atoms with Gasteiger partial charge in [0.05, 0.1) is 0 Å². The third-order valence-electron chi connectivity index (χ3n) is 4.04. The Hall–Kier alpha value is -2.04. The van der Waals surface area contributed by atoms with E-state index in [0.717, 1.165) is 31.4 Å². The number of benzene rings is 1. The van der Waals surface area contributed by atoms with E-state index >= 15 is 0 Å². The minimum Gasteiger partial charge on any atom is -0.444 e.